The van der Waals surface area contributed by atoms with Gasteiger partial charge in [0.25, 0.3) is 5.56 Å². The van der Waals surface area contributed by atoms with Crippen LogP contribution in [0.3, 0.4) is 0 Å². The molecule has 5 atom stereocenters. The van der Waals surface area contributed by atoms with Crippen molar-refractivity contribution in [2.24, 2.45) is 5.41 Å². The highest BCUT2D eigenvalue weighted by Gasteiger charge is 2.54. The molecule has 0 saturated carbocycles. The molecule has 1 aromatic carbocycles. The molecule has 14 nitrogen and oxygen atoms in total. The number of aliphatic hydroxyl groups is 2. The second-order valence-corrected chi connectivity index (χ2v) is 13.7. The Morgan fingerprint density at radius 1 is 1.33 bits per heavy atom. The normalized spacial score (nSPS) is 24.2. The van der Waals surface area contributed by atoms with Crippen LogP contribution in [0.4, 0.5) is 5.95 Å². The largest absolute Gasteiger partial charge is 0.405 e. The summed E-state index contributed by atoms with van der Waals surface area (Å²) in [5.41, 5.74) is 3.59. The molecule has 1 aliphatic rings. The number of rotatable bonds is 13. The Morgan fingerprint density at radius 2 is 2.05 bits per heavy atom. The number of hydrogen-bond donors (Lipinski definition) is 5. The minimum absolute atomic E-state index is 0.00212. The zero-order chi connectivity index (χ0) is 30.7. The average Bonchev–Trinajstić information content (AvgIpc) is 3.47. The van der Waals surface area contributed by atoms with Crippen molar-refractivity contribution in [3.05, 3.63) is 52.6 Å². The van der Waals surface area contributed by atoms with E-state index in [0.717, 1.165) is 17.3 Å². The van der Waals surface area contributed by atoms with Gasteiger partial charge in [0.1, 0.15) is 17.8 Å². The first-order chi connectivity index (χ1) is 19.8. The first-order valence-corrected chi connectivity index (χ1v) is 15.9. The molecule has 1 saturated heterocycles. The number of carbonyl (C=O) groups is 1. The Kier molecular flexibility index (Phi) is 9.95. The van der Waals surface area contributed by atoms with Gasteiger partial charge >= 0.3 is 7.75 Å². The third-order valence-corrected chi connectivity index (χ3v) is 10.0. The van der Waals surface area contributed by atoms with Crippen LogP contribution >= 0.6 is 19.5 Å². The fraction of sp³-hybridized carbons (Fsp3) is 0.538. The van der Waals surface area contributed by atoms with Crippen LogP contribution in [-0.4, -0.2) is 71.6 Å². The lowest BCUT2D eigenvalue weighted by Gasteiger charge is -2.28. The fourth-order valence-electron chi connectivity index (χ4n) is 4.12. The average molecular weight is 625 g/mol. The number of imidazole rings is 1. The number of nitrogens with two attached hydrogens (primary N) is 1. The standard InChI is InChI=1S/C26H37N6O8PS/c1-5-25(2,3)23(35)42-12-11-38-41(37,29-13-16-9-7-6-8-10-16)39-14-17-26(4,36)19(33)22(40-17)32-15-28-18-20(32)30-24(27)31-21(18)34/h6-10,15,17,19,22,33,36H,5,11-14H2,1-4H3,(H,29,37)(H3,27,30,31,34)/t17-,19?,22-,26-,41?/m1/s1. The molecule has 1 aliphatic heterocycles. The lowest BCUT2D eigenvalue weighted by Crippen LogP contribution is -2.46. The highest BCUT2D eigenvalue weighted by atomic mass is 32.2. The van der Waals surface area contributed by atoms with E-state index in [0.29, 0.717) is 6.42 Å². The van der Waals surface area contributed by atoms with E-state index >= 15 is 0 Å². The lowest BCUT2D eigenvalue weighted by molar-refractivity contribution is -0.118. The predicted molar refractivity (Wildman–Crippen MR) is 157 cm³/mol. The number of benzene rings is 1. The zero-order valence-electron chi connectivity index (χ0n) is 23.9. The Labute approximate surface area is 247 Å². The SMILES string of the molecule is CCC(C)(C)C(=O)SCCOP(=O)(NCc1ccccc1)OC[C@H]1O[C@@H](n2cnc3c(=O)[nH]c(N)nc32)C(O)[C@]1(C)O. The van der Waals surface area contributed by atoms with Crippen molar-refractivity contribution < 1.29 is 33.4 Å². The summed E-state index contributed by atoms with van der Waals surface area (Å²) in [7, 11) is -3.99. The number of nitrogen functional groups attached to an aromatic ring is 1. The number of aliphatic hydroxyl groups excluding tert-OH is 1. The minimum Gasteiger partial charge on any atom is -0.385 e. The van der Waals surface area contributed by atoms with Crippen LogP contribution in [0.25, 0.3) is 11.2 Å². The second-order valence-electron chi connectivity index (χ2n) is 10.8. The molecular weight excluding hydrogens is 587 g/mol. The summed E-state index contributed by atoms with van der Waals surface area (Å²) in [4.78, 5) is 35.1. The summed E-state index contributed by atoms with van der Waals surface area (Å²) in [6.45, 7) is 6.69. The predicted octanol–water partition coefficient (Wildman–Crippen LogP) is 2.34. The summed E-state index contributed by atoms with van der Waals surface area (Å²) in [5, 5.41) is 25.0. The van der Waals surface area contributed by atoms with Crippen LogP contribution in [0.1, 0.15) is 45.9 Å². The molecule has 6 N–H and O–H groups in total. The van der Waals surface area contributed by atoms with E-state index in [4.69, 9.17) is 19.5 Å². The summed E-state index contributed by atoms with van der Waals surface area (Å²) in [5.74, 6) is 0.0957. The van der Waals surface area contributed by atoms with Gasteiger partial charge in [-0.3, -0.25) is 28.2 Å². The monoisotopic (exact) mass is 624 g/mol. The summed E-state index contributed by atoms with van der Waals surface area (Å²) in [6, 6.07) is 9.20. The molecule has 0 radical (unpaired) electrons. The molecule has 16 heteroatoms. The molecule has 0 aliphatic carbocycles. The van der Waals surface area contributed by atoms with E-state index in [1.807, 2.05) is 51.1 Å². The highest BCUT2D eigenvalue weighted by molar-refractivity contribution is 8.13. The van der Waals surface area contributed by atoms with Crippen LogP contribution < -0.4 is 16.4 Å². The van der Waals surface area contributed by atoms with Crippen LogP contribution in [-0.2, 0) is 29.7 Å². The van der Waals surface area contributed by atoms with Crippen molar-refractivity contribution in [2.75, 3.05) is 24.7 Å². The van der Waals surface area contributed by atoms with Gasteiger partial charge in [-0.25, -0.2) is 14.6 Å². The first-order valence-electron chi connectivity index (χ1n) is 13.4. The number of nitrogens with zero attached hydrogens (tertiary/aromatic N) is 3. The van der Waals surface area contributed by atoms with Crippen LogP contribution in [0.2, 0.25) is 0 Å². The Morgan fingerprint density at radius 3 is 2.74 bits per heavy atom. The molecule has 0 bridgehead atoms. The van der Waals surface area contributed by atoms with Gasteiger partial charge in [0, 0.05) is 17.7 Å². The number of thioether (sulfide) groups is 1. The van der Waals surface area contributed by atoms with Gasteiger partial charge in [-0.15, -0.1) is 0 Å². The van der Waals surface area contributed by atoms with Crippen LogP contribution in [0.5, 0.6) is 0 Å². The molecule has 4 rings (SSSR count). The molecule has 2 unspecified atom stereocenters. The number of hydrogen-bond acceptors (Lipinski definition) is 12. The number of fused-ring (bicyclic) bond motifs is 1. The molecule has 0 amide bonds. The number of aromatic nitrogens is 4. The van der Waals surface area contributed by atoms with E-state index in [-0.39, 0.29) is 41.1 Å². The van der Waals surface area contributed by atoms with Gasteiger partial charge < -0.3 is 20.7 Å². The maximum absolute atomic E-state index is 13.8. The van der Waals surface area contributed by atoms with E-state index in [1.54, 1.807) is 0 Å². The van der Waals surface area contributed by atoms with Crippen molar-refractivity contribution in [3.63, 3.8) is 0 Å². The van der Waals surface area contributed by atoms with Gasteiger partial charge in [0.15, 0.2) is 22.5 Å². The number of nitrogens with one attached hydrogen (secondary N) is 2. The molecule has 2 aromatic heterocycles. The van der Waals surface area contributed by atoms with E-state index in [1.165, 1.54) is 17.8 Å². The van der Waals surface area contributed by atoms with Gasteiger partial charge in [-0.1, -0.05) is 62.9 Å². The molecule has 42 heavy (non-hydrogen) atoms. The minimum atomic E-state index is -3.99. The number of carbonyl (C=O) groups excluding carboxylic acids is 1. The number of ether oxygens (including phenoxy) is 1. The molecular formula is C26H37N6O8PS. The van der Waals surface area contributed by atoms with E-state index < -0.39 is 49.4 Å². The smallest absolute Gasteiger partial charge is 0.385 e. The van der Waals surface area contributed by atoms with E-state index in [9.17, 15) is 24.4 Å². The number of anilines is 1. The fourth-order valence-corrected chi connectivity index (χ4v) is 6.43. The molecule has 1 fully saturated rings. The highest BCUT2D eigenvalue weighted by Crippen LogP contribution is 2.47. The van der Waals surface area contributed by atoms with Gasteiger partial charge in [-0.05, 0) is 18.9 Å². The molecule has 230 valence electrons. The maximum Gasteiger partial charge on any atom is 0.405 e. The summed E-state index contributed by atoms with van der Waals surface area (Å²) < 4.78 is 32.4. The Bertz CT molecular complexity index is 1500. The van der Waals surface area contributed by atoms with Crippen molar-refractivity contribution in [2.45, 2.75) is 64.7 Å². The third-order valence-electron chi connectivity index (χ3n) is 7.28. The molecule has 3 heterocycles. The van der Waals surface area contributed by atoms with Crippen LogP contribution in [0, 0.1) is 5.41 Å². The quantitative estimate of drug-likeness (QED) is 0.137. The van der Waals surface area contributed by atoms with Crippen molar-refractivity contribution in [1.82, 2.24) is 24.6 Å². The molecule has 0 spiro atoms. The molecule has 3 aromatic rings. The third kappa shape index (κ3) is 7.12. The van der Waals surface area contributed by atoms with Gasteiger partial charge in [0.2, 0.25) is 5.95 Å². The number of aromatic amines is 1. The Hall–Kier alpha value is -2.62. The van der Waals surface area contributed by atoms with Gasteiger partial charge in [-0.2, -0.15) is 4.98 Å². The van der Waals surface area contributed by atoms with Crippen molar-refractivity contribution in [1.29, 1.82) is 0 Å². The summed E-state index contributed by atoms with van der Waals surface area (Å²) >= 11 is 1.09. The Balaban J connectivity index is 1.47. The van der Waals surface area contributed by atoms with E-state index in [2.05, 4.69) is 20.0 Å². The first kappa shape index (κ1) is 32.3. The zero-order valence-corrected chi connectivity index (χ0v) is 25.6. The van der Waals surface area contributed by atoms with Crippen molar-refractivity contribution in [3.8, 4) is 0 Å². The second kappa shape index (κ2) is 12.9. The van der Waals surface area contributed by atoms with Crippen LogP contribution in [0.15, 0.2) is 41.5 Å². The number of H-pyrrole nitrogens is 1. The van der Waals surface area contributed by atoms with Gasteiger partial charge in [0.05, 0.1) is 19.5 Å². The lowest BCUT2D eigenvalue weighted by atomic mass is 9.92. The topological polar surface area (TPSA) is 204 Å². The maximum atomic E-state index is 13.8. The van der Waals surface area contributed by atoms with Crippen molar-refractivity contribution >= 4 is 41.7 Å². The summed E-state index contributed by atoms with van der Waals surface area (Å²) in [6.07, 6.45) is -1.97.